The van der Waals surface area contributed by atoms with E-state index in [0.29, 0.717) is 5.76 Å². The molecule has 0 aliphatic rings. The van der Waals surface area contributed by atoms with Gasteiger partial charge in [0.05, 0.1) is 6.26 Å². The van der Waals surface area contributed by atoms with Gasteiger partial charge in [-0.05, 0) is 17.1 Å². The van der Waals surface area contributed by atoms with E-state index in [1.807, 2.05) is 0 Å². The van der Waals surface area contributed by atoms with Crippen LogP contribution in [-0.2, 0) is 0 Å². The van der Waals surface area contributed by atoms with Crippen LogP contribution in [0.15, 0.2) is 22.8 Å². The monoisotopic (exact) mass is 180 g/mol. The maximum atomic E-state index is 10.4. The molecule has 0 unspecified atom stereocenters. The summed E-state index contributed by atoms with van der Waals surface area (Å²) in [6.07, 6.45) is 1.41. The smallest absolute Gasteiger partial charge is 0.374 e. The average Bonchev–Trinajstić information content (AvgIpc) is 2.74. The second kappa shape index (κ2) is 2.70. The Morgan fingerprint density at radius 2 is 2.46 bits per heavy atom. The Balaban J connectivity index is 2.52. The third-order valence-corrected chi connectivity index (χ3v) is 1.47. The highest BCUT2D eigenvalue weighted by Gasteiger charge is 2.20. The van der Waals surface area contributed by atoms with Gasteiger partial charge in [-0.1, -0.05) is 5.10 Å². The normalized spacial score (nSPS) is 10.2. The number of hydrogen-bond acceptors (Lipinski definition) is 5. The Labute approximate surface area is 71.5 Å². The van der Waals surface area contributed by atoms with Gasteiger partial charge in [-0.25, -0.2) is 0 Å². The second-order valence-corrected chi connectivity index (χ2v) is 2.24. The van der Waals surface area contributed by atoms with Gasteiger partial charge in [0.1, 0.15) is 0 Å². The van der Waals surface area contributed by atoms with Crippen molar-refractivity contribution in [2.24, 2.45) is 0 Å². The quantitative estimate of drug-likeness (QED) is 0.548. The van der Waals surface area contributed by atoms with Crippen molar-refractivity contribution in [2.45, 2.75) is 0 Å². The molecule has 1 N–H and O–H groups in total. The predicted octanol–water partition coefficient (Wildman–Crippen LogP) is 0.973. The number of nitro groups is 1. The van der Waals surface area contributed by atoms with Crippen molar-refractivity contribution in [2.75, 3.05) is 0 Å². The summed E-state index contributed by atoms with van der Waals surface area (Å²) in [6.45, 7) is 0. The molecule has 13 heavy (non-hydrogen) atoms. The van der Waals surface area contributed by atoms with Gasteiger partial charge in [-0.15, -0.1) is 5.10 Å². The molecule has 0 amide bonds. The van der Waals surface area contributed by atoms with Crippen LogP contribution in [-0.4, -0.2) is 20.3 Å². The van der Waals surface area contributed by atoms with Crippen LogP contribution in [0.2, 0.25) is 0 Å². The Hall–Kier alpha value is -2.18. The standard InChI is InChI=1S/C6H4N4O3/c11-10(12)6-5(7-9-8-6)4-2-1-3-13-4/h1-3H,(H,7,8,9). The number of H-pyrrole nitrogens is 1. The topological polar surface area (TPSA) is 97.8 Å². The summed E-state index contributed by atoms with van der Waals surface area (Å²) >= 11 is 0. The minimum absolute atomic E-state index is 0.106. The van der Waals surface area contributed by atoms with Crippen molar-refractivity contribution in [3.05, 3.63) is 28.5 Å². The molecule has 0 aliphatic heterocycles. The molecule has 2 rings (SSSR count). The van der Waals surface area contributed by atoms with E-state index in [4.69, 9.17) is 4.42 Å². The average molecular weight is 180 g/mol. The van der Waals surface area contributed by atoms with Crippen LogP contribution in [0.5, 0.6) is 0 Å². The lowest BCUT2D eigenvalue weighted by Gasteiger charge is -1.90. The van der Waals surface area contributed by atoms with E-state index >= 15 is 0 Å². The highest BCUT2D eigenvalue weighted by Crippen LogP contribution is 2.24. The summed E-state index contributed by atoms with van der Waals surface area (Å²) in [6, 6.07) is 3.19. The number of nitrogens with one attached hydrogen (secondary N) is 1. The molecule has 2 aromatic heterocycles. The van der Waals surface area contributed by atoms with Crippen LogP contribution in [0.3, 0.4) is 0 Å². The van der Waals surface area contributed by atoms with Crippen molar-refractivity contribution < 1.29 is 9.34 Å². The minimum atomic E-state index is -0.599. The number of hydrogen-bond donors (Lipinski definition) is 1. The van der Waals surface area contributed by atoms with Gasteiger partial charge in [0.25, 0.3) is 0 Å². The second-order valence-electron chi connectivity index (χ2n) is 2.24. The molecule has 66 valence electrons. The molecule has 0 saturated heterocycles. The zero-order valence-corrected chi connectivity index (χ0v) is 6.30. The summed E-state index contributed by atoms with van der Waals surface area (Å²) in [7, 11) is 0. The first-order valence-electron chi connectivity index (χ1n) is 3.38. The maximum Gasteiger partial charge on any atom is 0.374 e. The Morgan fingerprint density at radius 1 is 1.62 bits per heavy atom. The largest absolute Gasteiger partial charge is 0.462 e. The number of rotatable bonds is 2. The van der Waals surface area contributed by atoms with Gasteiger partial charge in [0.2, 0.25) is 5.69 Å². The fourth-order valence-corrected chi connectivity index (χ4v) is 0.929. The van der Waals surface area contributed by atoms with E-state index in [1.54, 1.807) is 12.1 Å². The van der Waals surface area contributed by atoms with Gasteiger partial charge >= 0.3 is 5.82 Å². The van der Waals surface area contributed by atoms with Gasteiger partial charge < -0.3 is 14.5 Å². The van der Waals surface area contributed by atoms with Gasteiger partial charge in [0.15, 0.2) is 5.76 Å². The van der Waals surface area contributed by atoms with E-state index in [1.165, 1.54) is 6.26 Å². The van der Waals surface area contributed by atoms with E-state index in [-0.39, 0.29) is 11.5 Å². The van der Waals surface area contributed by atoms with Crippen LogP contribution in [0, 0.1) is 10.1 Å². The molecule has 0 aromatic carbocycles. The molecule has 0 spiro atoms. The van der Waals surface area contributed by atoms with Gasteiger partial charge in [0, 0.05) is 5.21 Å². The first kappa shape index (κ1) is 7.47. The number of aromatic nitrogens is 3. The fourth-order valence-electron chi connectivity index (χ4n) is 0.929. The lowest BCUT2D eigenvalue weighted by Crippen LogP contribution is -1.90. The predicted molar refractivity (Wildman–Crippen MR) is 40.7 cm³/mol. The van der Waals surface area contributed by atoms with Crippen LogP contribution in [0.1, 0.15) is 0 Å². The Bertz CT molecular complexity index is 419. The van der Waals surface area contributed by atoms with Crippen molar-refractivity contribution >= 4 is 5.82 Å². The van der Waals surface area contributed by atoms with E-state index in [0.717, 1.165) is 0 Å². The lowest BCUT2D eigenvalue weighted by molar-refractivity contribution is -0.388. The molecular weight excluding hydrogens is 176 g/mol. The molecule has 0 bridgehead atoms. The number of aromatic amines is 1. The SMILES string of the molecule is O=[N+]([O-])c1[nH]nnc1-c1ccco1. The first-order chi connectivity index (χ1) is 6.29. The molecule has 0 radical (unpaired) electrons. The third kappa shape index (κ3) is 1.15. The zero-order chi connectivity index (χ0) is 9.26. The van der Waals surface area contributed by atoms with E-state index in [9.17, 15) is 10.1 Å². The molecule has 2 aromatic rings. The van der Waals surface area contributed by atoms with Crippen LogP contribution in [0.25, 0.3) is 11.5 Å². The van der Waals surface area contributed by atoms with Gasteiger partial charge in [-0.3, -0.25) is 0 Å². The number of nitrogens with zero attached hydrogens (tertiary/aromatic N) is 3. The highest BCUT2D eigenvalue weighted by molar-refractivity contribution is 5.60. The molecule has 2 heterocycles. The molecule has 0 saturated carbocycles. The van der Waals surface area contributed by atoms with Crippen molar-refractivity contribution in [1.29, 1.82) is 0 Å². The summed E-state index contributed by atoms with van der Waals surface area (Å²) in [5, 5.41) is 19.5. The Morgan fingerprint density at radius 3 is 3.08 bits per heavy atom. The van der Waals surface area contributed by atoms with Crippen molar-refractivity contribution in [3.8, 4) is 11.5 Å². The van der Waals surface area contributed by atoms with Crippen LogP contribution >= 0.6 is 0 Å². The van der Waals surface area contributed by atoms with Crippen molar-refractivity contribution in [3.63, 3.8) is 0 Å². The molecule has 0 fully saturated rings. The maximum absolute atomic E-state index is 10.4. The van der Waals surface area contributed by atoms with Gasteiger partial charge in [-0.2, -0.15) is 0 Å². The Kier molecular flexibility index (Phi) is 1.55. The molecule has 0 aliphatic carbocycles. The summed E-state index contributed by atoms with van der Waals surface area (Å²) in [5.41, 5.74) is 0.106. The van der Waals surface area contributed by atoms with E-state index in [2.05, 4.69) is 15.4 Å². The molecular formula is C6H4N4O3. The molecule has 7 nitrogen and oxygen atoms in total. The van der Waals surface area contributed by atoms with Crippen LogP contribution in [0.4, 0.5) is 5.82 Å². The third-order valence-electron chi connectivity index (χ3n) is 1.47. The van der Waals surface area contributed by atoms with E-state index < -0.39 is 4.92 Å². The summed E-state index contributed by atoms with van der Waals surface area (Å²) < 4.78 is 4.94. The number of furan rings is 1. The van der Waals surface area contributed by atoms with Crippen LogP contribution < -0.4 is 0 Å². The molecule has 7 heteroatoms. The minimum Gasteiger partial charge on any atom is -0.462 e. The summed E-state index contributed by atoms with van der Waals surface area (Å²) in [5.74, 6) is 0.0513. The molecule has 0 atom stereocenters. The van der Waals surface area contributed by atoms with Crippen molar-refractivity contribution in [1.82, 2.24) is 15.4 Å². The highest BCUT2D eigenvalue weighted by atomic mass is 16.6. The zero-order valence-electron chi connectivity index (χ0n) is 6.30. The fraction of sp³-hybridized carbons (Fsp3) is 0. The first-order valence-corrected chi connectivity index (χ1v) is 3.38. The summed E-state index contributed by atoms with van der Waals surface area (Å²) in [4.78, 5) is 9.83. The lowest BCUT2D eigenvalue weighted by atomic mass is 10.3.